The smallest absolute Gasteiger partial charge is 0.165 e. The van der Waals surface area contributed by atoms with E-state index in [1.807, 2.05) is 0 Å². The lowest BCUT2D eigenvalue weighted by atomic mass is 9.83. The second-order valence-electron chi connectivity index (χ2n) is 27.5. The highest BCUT2D eigenvalue weighted by Crippen LogP contribution is 2.51. The lowest BCUT2D eigenvalue weighted by molar-refractivity contribution is 0.591. The van der Waals surface area contributed by atoms with Crippen molar-refractivity contribution in [1.82, 2.24) is 27.9 Å². The second-order valence-corrected chi connectivity index (χ2v) is 27.5. The molecule has 0 aliphatic rings. The molecule has 0 aliphatic carbocycles. The number of benzene rings is 11. The van der Waals surface area contributed by atoms with Gasteiger partial charge in [-0.15, -0.1) is 0 Å². The Morgan fingerprint density at radius 1 is 0.291 bits per heavy atom. The van der Waals surface area contributed by atoms with E-state index in [1.54, 1.807) is 0 Å². The van der Waals surface area contributed by atoms with Crippen molar-refractivity contribution in [3.8, 4) is 33.6 Å². The van der Waals surface area contributed by atoms with Crippen molar-refractivity contribution in [2.45, 2.75) is 78.6 Å². The summed E-state index contributed by atoms with van der Waals surface area (Å²) in [6.07, 6.45) is 0. The van der Waals surface area contributed by atoms with Gasteiger partial charge in [-0.1, -0.05) is 172 Å². The first-order valence-corrected chi connectivity index (χ1v) is 30.4. The zero-order valence-electron chi connectivity index (χ0n) is 49.9. The summed E-state index contributed by atoms with van der Waals surface area (Å²) >= 11 is 0. The Balaban J connectivity index is 0.985. The van der Waals surface area contributed by atoms with Crippen LogP contribution in [-0.4, -0.2) is 27.9 Å². The minimum absolute atomic E-state index is 0.130. The van der Waals surface area contributed by atoms with Crippen molar-refractivity contribution in [3.63, 3.8) is 0 Å². The average Bonchev–Trinajstić information content (AvgIpc) is 1.58. The molecule has 11 aromatic carbocycles. The van der Waals surface area contributed by atoms with Gasteiger partial charge < -0.3 is 9.13 Å². The molecule has 0 aliphatic heterocycles. The molecule has 0 radical (unpaired) electrons. The summed E-state index contributed by atoms with van der Waals surface area (Å²) in [6.45, 7) is 21.1. The minimum Gasteiger partial charge on any atom is -0.309 e. The fourth-order valence-electron chi connectivity index (χ4n) is 14.9. The van der Waals surface area contributed by atoms with E-state index in [-0.39, 0.29) is 16.2 Å². The highest BCUT2D eigenvalue weighted by Gasteiger charge is 2.32. The third kappa shape index (κ3) is 6.67. The molecule has 0 saturated carbocycles. The molecule has 7 heterocycles. The Morgan fingerprint density at radius 3 is 1.21 bits per heavy atom. The van der Waals surface area contributed by atoms with Crippen molar-refractivity contribution in [1.29, 1.82) is 0 Å². The van der Waals surface area contributed by atoms with Gasteiger partial charge in [-0.25, -0.2) is 9.97 Å². The van der Waals surface area contributed by atoms with Crippen molar-refractivity contribution in [3.05, 3.63) is 229 Å². The summed E-state index contributed by atoms with van der Waals surface area (Å²) in [7, 11) is 0. The van der Waals surface area contributed by atoms with Gasteiger partial charge in [0.1, 0.15) is 11.0 Å². The van der Waals surface area contributed by atoms with Crippen LogP contribution in [0.4, 0.5) is 0 Å². The van der Waals surface area contributed by atoms with Crippen LogP contribution in [0, 0.1) is 0 Å². The predicted octanol–water partition coefficient (Wildman–Crippen LogP) is 21.4. The molecule has 18 rings (SSSR count). The van der Waals surface area contributed by atoms with Crippen LogP contribution in [0.2, 0.25) is 0 Å². The molecule has 0 atom stereocenters. The molecule has 0 unspecified atom stereocenters. The Bertz CT molecular complexity index is 5930. The van der Waals surface area contributed by atoms with Gasteiger partial charge in [0.05, 0.1) is 44.1 Å². The van der Waals surface area contributed by atoms with E-state index < -0.39 is 0 Å². The Hall–Kier alpha value is -10.0. The van der Waals surface area contributed by atoms with Crippen LogP contribution in [0.3, 0.4) is 0 Å². The Labute approximate surface area is 497 Å². The second kappa shape index (κ2) is 16.9. The molecule has 6 nitrogen and oxygen atoms in total. The summed E-state index contributed by atoms with van der Waals surface area (Å²) in [4.78, 5) is 12.2. The highest BCUT2D eigenvalue weighted by molar-refractivity contribution is 6.33. The quantitative estimate of drug-likeness (QED) is 0.176. The minimum atomic E-state index is -0.151. The third-order valence-electron chi connectivity index (χ3n) is 19.2. The number of nitrogens with zero attached hydrogens (tertiary/aromatic N) is 6. The van der Waals surface area contributed by atoms with E-state index in [0.717, 1.165) is 61.0 Å². The van der Waals surface area contributed by atoms with Gasteiger partial charge in [-0.2, -0.15) is 0 Å². The normalized spacial score (nSPS) is 13.2. The fourth-order valence-corrected chi connectivity index (χ4v) is 14.9. The van der Waals surface area contributed by atoms with E-state index in [2.05, 4.69) is 293 Å². The molecule has 86 heavy (non-hydrogen) atoms. The number of hydrogen-bond donors (Lipinski definition) is 0. The summed E-state index contributed by atoms with van der Waals surface area (Å²) in [5.41, 5.74) is 23.4. The Morgan fingerprint density at radius 2 is 0.686 bits per heavy atom. The van der Waals surface area contributed by atoms with Crippen LogP contribution >= 0.6 is 0 Å². The molecule has 0 bridgehead atoms. The van der Waals surface area contributed by atoms with Crippen LogP contribution < -0.4 is 0 Å². The van der Waals surface area contributed by atoms with Crippen LogP contribution in [0.5, 0.6) is 0 Å². The van der Waals surface area contributed by atoms with Crippen molar-refractivity contribution < 1.29 is 0 Å². The maximum Gasteiger partial charge on any atom is 0.165 e. The topological polar surface area (TPSA) is 44.5 Å². The van der Waals surface area contributed by atoms with Crippen LogP contribution in [0.15, 0.2) is 212 Å². The van der Waals surface area contributed by atoms with Gasteiger partial charge in [0.15, 0.2) is 11.3 Å². The first-order chi connectivity index (χ1) is 41.6. The molecule has 0 fully saturated rings. The summed E-state index contributed by atoms with van der Waals surface area (Å²) in [5.74, 6) is 0. The maximum atomic E-state index is 6.10. The van der Waals surface area contributed by atoms with E-state index in [0.29, 0.717) is 0 Å². The maximum absolute atomic E-state index is 6.10. The molecule has 412 valence electrons. The van der Waals surface area contributed by atoms with Crippen LogP contribution in [0.1, 0.15) is 79.0 Å². The van der Waals surface area contributed by atoms with Gasteiger partial charge in [0, 0.05) is 76.4 Å². The molecular weight excluding hydrogens is 1040 g/mol. The van der Waals surface area contributed by atoms with Crippen LogP contribution in [-0.2, 0) is 16.2 Å². The average molecular weight is 1110 g/mol. The summed E-state index contributed by atoms with van der Waals surface area (Å²) in [5, 5.41) is 14.5. The van der Waals surface area contributed by atoms with Crippen molar-refractivity contribution in [2.24, 2.45) is 0 Å². The number of hydrogen-bond acceptors (Lipinski definition) is 2. The lowest BCUT2D eigenvalue weighted by Crippen LogP contribution is -2.11. The van der Waals surface area contributed by atoms with Gasteiger partial charge in [0.25, 0.3) is 0 Å². The summed E-state index contributed by atoms with van der Waals surface area (Å²) < 4.78 is 9.83. The standard InChI is InChI=1S/C80H62N6/c1-78(2,3)48-39-56(46-32-34-67-58(36-46)54-28-18-20-30-65(54)83(67)51-23-12-10-13-24-51)72-60(41-48)61-42-50(80(7,8)9)44-64-71-76(85(72)74(61)64)81-70-63-38-45-22-16-17-27-53(45)69-62-43-49(79(4,5)6)40-57(73(62)86(75(63)69)77(70)82-71)47-33-35-68-59(37-47)55-29-19-21-31-66(55)84(68)52-25-14-11-15-26-52/h10-44H,1-9H3. The van der Waals surface area contributed by atoms with Gasteiger partial charge >= 0.3 is 0 Å². The zero-order valence-corrected chi connectivity index (χ0v) is 49.9. The number of para-hydroxylation sites is 4. The zero-order chi connectivity index (χ0) is 58.0. The van der Waals surface area contributed by atoms with Gasteiger partial charge in [-0.3, -0.25) is 8.80 Å². The molecule has 0 saturated heterocycles. The first-order valence-electron chi connectivity index (χ1n) is 30.4. The Kier molecular flexibility index (Phi) is 9.68. The monoisotopic (exact) mass is 1110 g/mol. The third-order valence-corrected chi connectivity index (χ3v) is 19.2. The first kappa shape index (κ1) is 49.4. The summed E-state index contributed by atoms with van der Waals surface area (Å²) in [6, 6.07) is 79.7. The fraction of sp³-hybridized carbons (Fsp3) is 0.150. The van der Waals surface area contributed by atoms with E-state index in [9.17, 15) is 0 Å². The van der Waals surface area contributed by atoms with Crippen LogP contribution in [0.25, 0.3) is 165 Å². The van der Waals surface area contributed by atoms with Crippen molar-refractivity contribution >= 4 is 131 Å². The molecule has 0 N–H and O–H groups in total. The molecule has 0 amide bonds. The SMILES string of the molecule is CC(C)(C)c1cc(-c2ccc3c(c2)c2ccccc2n3-c2ccccc2)c2c(c1)c1cc(C(C)(C)C)cc3c4nc5c(nc4n2c13)c1cc2ccccc2c2c3cc(C(C)(C)C)cc(-c4ccc6c(c4)c4ccccc4n6-c4ccccc4)c3n5c12. The number of rotatable bonds is 4. The van der Waals surface area contributed by atoms with Gasteiger partial charge in [-0.05, 0) is 158 Å². The number of fused-ring (bicyclic) bond motifs is 20. The molecule has 7 aromatic heterocycles. The lowest BCUT2D eigenvalue weighted by Gasteiger charge is -2.22. The van der Waals surface area contributed by atoms with E-state index in [4.69, 9.17) is 9.97 Å². The highest BCUT2D eigenvalue weighted by atomic mass is 15.1. The molecular formula is C80H62N6. The van der Waals surface area contributed by atoms with E-state index in [1.165, 1.54) is 120 Å². The molecule has 18 aromatic rings. The van der Waals surface area contributed by atoms with Crippen molar-refractivity contribution in [2.75, 3.05) is 0 Å². The predicted molar refractivity (Wildman–Crippen MR) is 365 cm³/mol. The molecule has 6 heteroatoms. The molecule has 0 spiro atoms. The largest absolute Gasteiger partial charge is 0.309 e. The van der Waals surface area contributed by atoms with E-state index >= 15 is 0 Å². The van der Waals surface area contributed by atoms with Gasteiger partial charge in [0.2, 0.25) is 0 Å². The number of aromatic nitrogens is 6.